The third-order valence-electron chi connectivity index (χ3n) is 5.31. The largest absolute Gasteiger partial charge is 0.507 e. The average molecular weight is 464 g/mol. The van der Waals surface area contributed by atoms with Gasteiger partial charge in [-0.25, -0.2) is 4.79 Å². The zero-order valence-corrected chi connectivity index (χ0v) is 17.5. The van der Waals surface area contributed by atoms with Gasteiger partial charge < -0.3 is 39.7 Å². The number of cyclic esters (lactones) is 1. The number of aliphatic hydroxyl groups excluding tert-OH is 4. The van der Waals surface area contributed by atoms with Crippen LogP contribution in [-0.2, 0) is 20.7 Å². The zero-order chi connectivity index (χ0) is 24.3. The lowest BCUT2D eigenvalue weighted by Crippen LogP contribution is -2.60. The summed E-state index contributed by atoms with van der Waals surface area (Å²) in [6.45, 7) is 0.525. The molecule has 0 amide bonds. The Morgan fingerprint density at radius 1 is 1.18 bits per heavy atom. The Bertz CT molecular complexity index is 981. The molecule has 0 aromatic heterocycles. The molecule has 0 aliphatic carbocycles. The number of carbonyl (C=O) groups is 3. The molecule has 3 rings (SSSR count). The van der Waals surface area contributed by atoms with Crippen LogP contribution >= 0.6 is 0 Å². The van der Waals surface area contributed by atoms with Crippen molar-refractivity contribution in [2.24, 2.45) is 0 Å². The van der Waals surface area contributed by atoms with Gasteiger partial charge in [0.15, 0.2) is 5.78 Å². The molecule has 178 valence electrons. The number of ether oxygens (including phenoxy) is 3. The quantitative estimate of drug-likeness (QED) is 0.112. The van der Waals surface area contributed by atoms with Crippen LogP contribution < -0.4 is 4.74 Å². The van der Waals surface area contributed by atoms with Gasteiger partial charge in [0.1, 0.15) is 53.9 Å². The number of rotatable bonds is 7. The molecule has 1 aromatic rings. The molecule has 11 nitrogen and oxygen atoms in total. The Balaban J connectivity index is 2.00. The van der Waals surface area contributed by atoms with Crippen molar-refractivity contribution in [3.63, 3.8) is 0 Å². The molecule has 0 spiro atoms. The third kappa shape index (κ3) is 4.97. The van der Waals surface area contributed by atoms with Crippen molar-refractivity contribution in [3.8, 4) is 11.5 Å². The average Bonchev–Trinajstić information content (AvgIpc) is 2.76. The van der Waals surface area contributed by atoms with Crippen molar-refractivity contribution in [2.45, 2.75) is 50.2 Å². The molecule has 11 heteroatoms. The summed E-state index contributed by atoms with van der Waals surface area (Å²) >= 11 is 0. The van der Waals surface area contributed by atoms with Crippen molar-refractivity contribution in [1.29, 1.82) is 0 Å². The highest BCUT2D eigenvalue weighted by atomic mass is 16.7. The second kappa shape index (κ2) is 10.2. The van der Waals surface area contributed by atoms with Crippen LogP contribution in [0.1, 0.15) is 33.2 Å². The molecule has 2 aliphatic heterocycles. The van der Waals surface area contributed by atoms with Gasteiger partial charge in [0.2, 0.25) is 6.29 Å². The molecular formula is C22H24O11. The van der Waals surface area contributed by atoms with Crippen LogP contribution in [0.15, 0.2) is 30.4 Å². The maximum Gasteiger partial charge on any atom is 0.342 e. The number of hydrogen-bond donors (Lipinski definition) is 5. The lowest BCUT2D eigenvalue weighted by Gasteiger charge is -2.40. The summed E-state index contributed by atoms with van der Waals surface area (Å²) in [5.41, 5.74) is -0.139. The van der Waals surface area contributed by atoms with Gasteiger partial charge in [-0.2, -0.15) is 0 Å². The number of aliphatic hydroxyl groups is 4. The van der Waals surface area contributed by atoms with E-state index in [-0.39, 0.29) is 28.9 Å². The molecule has 0 bridgehead atoms. The van der Waals surface area contributed by atoms with E-state index in [1.807, 2.05) is 0 Å². The second-order valence-corrected chi connectivity index (χ2v) is 7.55. The fourth-order valence-electron chi connectivity index (χ4n) is 3.74. The highest BCUT2D eigenvalue weighted by Crippen LogP contribution is 2.39. The van der Waals surface area contributed by atoms with Crippen molar-refractivity contribution in [1.82, 2.24) is 0 Å². The fourth-order valence-corrected chi connectivity index (χ4v) is 3.74. The Hall–Kier alpha value is -3.09. The maximum absolute atomic E-state index is 12.8. The van der Waals surface area contributed by atoms with Gasteiger partial charge in [-0.3, -0.25) is 9.59 Å². The summed E-state index contributed by atoms with van der Waals surface area (Å²) in [5.74, 6) is -2.17. The van der Waals surface area contributed by atoms with E-state index in [0.29, 0.717) is 6.29 Å². The van der Waals surface area contributed by atoms with Crippen molar-refractivity contribution < 1.29 is 54.1 Å². The van der Waals surface area contributed by atoms with Crippen LogP contribution in [0.25, 0.3) is 0 Å². The first-order chi connectivity index (χ1) is 15.7. The second-order valence-electron chi connectivity index (χ2n) is 7.55. The Kier molecular flexibility index (Phi) is 7.61. The molecule has 1 aromatic carbocycles. The minimum Gasteiger partial charge on any atom is -0.507 e. The first-order valence-electron chi connectivity index (χ1n) is 10.1. The van der Waals surface area contributed by atoms with Crippen LogP contribution in [-0.4, -0.2) is 87.0 Å². The number of ketones is 1. The third-order valence-corrected chi connectivity index (χ3v) is 5.31. The highest BCUT2D eigenvalue weighted by molar-refractivity contribution is 6.04. The molecule has 33 heavy (non-hydrogen) atoms. The summed E-state index contributed by atoms with van der Waals surface area (Å²) in [6.07, 6.45) is -2.56. The Labute approximate surface area is 188 Å². The topological polar surface area (TPSA) is 180 Å². The normalized spacial score (nSPS) is 29.7. The summed E-state index contributed by atoms with van der Waals surface area (Å²) in [4.78, 5) is 35.4. The number of carbonyl (C=O) groups excluding carboxylic acids is 3. The number of Topliss-reactive ketones (excluding diaryl/α,β-unsaturated/α-hetero) is 1. The first kappa shape index (κ1) is 24.6. The molecule has 0 radical (unpaired) electrons. The minimum atomic E-state index is -1.76. The lowest BCUT2D eigenvalue weighted by atomic mass is 9.90. The van der Waals surface area contributed by atoms with Gasteiger partial charge in [0, 0.05) is 12.5 Å². The molecular weight excluding hydrogens is 440 g/mol. The molecule has 0 saturated carbocycles. The summed E-state index contributed by atoms with van der Waals surface area (Å²) in [7, 11) is 0. The van der Waals surface area contributed by atoms with Crippen LogP contribution in [0.5, 0.6) is 11.5 Å². The highest BCUT2D eigenvalue weighted by Gasteiger charge is 2.45. The molecule has 6 atom stereocenters. The van der Waals surface area contributed by atoms with Crippen LogP contribution in [0.3, 0.4) is 0 Å². The van der Waals surface area contributed by atoms with Gasteiger partial charge in [0.05, 0.1) is 12.2 Å². The van der Waals surface area contributed by atoms with Gasteiger partial charge in [-0.05, 0) is 24.6 Å². The van der Waals surface area contributed by atoms with Crippen LogP contribution in [0.4, 0.5) is 0 Å². The number of aldehydes is 1. The number of phenolic OH excluding ortho intramolecular Hbond substituents is 1. The zero-order valence-electron chi connectivity index (χ0n) is 17.5. The number of hydrogen-bond acceptors (Lipinski definition) is 11. The predicted octanol–water partition coefficient (Wildman–Crippen LogP) is -0.834. The van der Waals surface area contributed by atoms with Gasteiger partial charge >= 0.3 is 5.97 Å². The standard InChI is InChI=1S/C22H24O11/c1-10(25)16-12-7-11(5-3-2-4-6-23)31-21(30)17(12)14(8-13(16)26)32-22-20(29)19(28)18(27)15(9-24)33-22/h2-6,8,11,15,18-20,22,24,26-29H,7,9H2,1H3/b4-2+,5-3+/t11-,15-,18-,19+,20-,22-/m1/s1. The number of aromatic hydroxyl groups is 1. The lowest BCUT2D eigenvalue weighted by molar-refractivity contribution is -0.277. The molecule has 0 unspecified atom stereocenters. The van der Waals surface area contributed by atoms with E-state index in [4.69, 9.17) is 14.2 Å². The fraction of sp³-hybridized carbons (Fsp3) is 0.409. The van der Waals surface area contributed by atoms with E-state index < -0.39 is 60.9 Å². The van der Waals surface area contributed by atoms with E-state index in [2.05, 4.69) is 0 Å². The van der Waals surface area contributed by atoms with Gasteiger partial charge in [-0.1, -0.05) is 12.2 Å². The molecule has 2 heterocycles. The SMILES string of the molecule is CC(=O)c1c(O)cc(O[C@@H]2O[C@H](CO)[C@@H](O)[C@H](O)[C@H]2O)c2c1C[C@@H](/C=C/C=C/C=O)OC2=O. The maximum atomic E-state index is 12.8. The number of allylic oxidation sites excluding steroid dienone is 3. The first-order valence-corrected chi connectivity index (χ1v) is 10.1. The summed E-state index contributed by atoms with van der Waals surface area (Å²) in [6, 6.07) is 0.987. The smallest absolute Gasteiger partial charge is 0.342 e. The molecule has 1 fully saturated rings. The van der Waals surface area contributed by atoms with E-state index >= 15 is 0 Å². The number of fused-ring (bicyclic) bond motifs is 1. The van der Waals surface area contributed by atoms with E-state index in [0.717, 1.165) is 6.07 Å². The van der Waals surface area contributed by atoms with Crippen molar-refractivity contribution >= 4 is 18.0 Å². The minimum absolute atomic E-state index is 0.000851. The molecule has 2 aliphatic rings. The summed E-state index contributed by atoms with van der Waals surface area (Å²) in [5, 5.41) is 49.9. The van der Waals surface area contributed by atoms with Crippen molar-refractivity contribution in [3.05, 3.63) is 47.1 Å². The van der Waals surface area contributed by atoms with Crippen molar-refractivity contribution in [2.75, 3.05) is 6.61 Å². The Morgan fingerprint density at radius 3 is 2.55 bits per heavy atom. The van der Waals surface area contributed by atoms with Gasteiger partial charge in [0.25, 0.3) is 0 Å². The number of benzene rings is 1. The van der Waals surface area contributed by atoms with E-state index in [1.165, 1.54) is 31.2 Å². The molecule has 5 N–H and O–H groups in total. The van der Waals surface area contributed by atoms with Crippen LogP contribution in [0, 0.1) is 0 Å². The van der Waals surface area contributed by atoms with Gasteiger partial charge in [-0.15, -0.1) is 0 Å². The van der Waals surface area contributed by atoms with E-state index in [1.54, 1.807) is 0 Å². The number of phenols is 1. The number of esters is 1. The van der Waals surface area contributed by atoms with Crippen LogP contribution in [0.2, 0.25) is 0 Å². The monoisotopic (exact) mass is 464 g/mol. The summed E-state index contributed by atoms with van der Waals surface area (Å²) < 4.78 is 16.2. The molecule has 1 saturated heterocycles. The Morgan fingerprint density at radius 2 is 1.91 bits per heavy atom. The van der Waals surface area contributed by atoms with E-state index in [9.17, 15) is 39.9 Å². The predicted molar refractivity (Wildman–Crippen MR) is 110 cm³/mol.